The van der Waals surface area contributed by atoms with Crippen LogP contribution in [0, 0.1) is 0 Å². The van der Waals surface area contributed by atoms with Crippen molar-refractivity contribution in [3.05, 3.63) is 59.1 Å². The van der Waals surface area contributed by atoms with Crippen LogP contribution in [0.4, 0.5) is 10.5 Å². The summed E-state index contributed by atoms with van der Waals surface area (Å²) in [7, 11) is 1.63. The average Bonchev–Trinajstić information content (AvgIpc) is 2.55. The van der Waals surface area contributed by atoms with E-state index in [1.807, 2.05) is 31.2 Å². The Balaban J connectivity index is 1.99. The molecule has 2 N–H and O–H groups in total. The van der Waals surface area contributed by atoms with Crippen LogP contribution in [0.1, 0.15) is 24.9 Å². The number of hydrogen-bond acceptors (Lipinski definition) is 2. The van der Waals surface area contributed by atoms with Gasteiger partial charge in [-0.15, -0.1) is 0 Å². The van der Waals surface area contributed by atoms with Crippen molar-refractivity contribution in [3.8, 4) is 5.75 Å². The highest BCUT2D eigenvalue weighted by atomic mass is 35.5. The van der Waals surface area contributed by atoms with Gasteiger partial charge in [0.05, 0.1) is 13.2 Å². The fourth-order valence-corrected chi connectivity index (χ4v) is 2.24. The number of hydrogen-bond donors (Lipinski definition) is 2. The normalized spacial score (nSPS) is 11.6. The Bertz CT molecular complexity index is 612. The number of rotatable bonds is 5. The lowest BCUT2D eigenvalue weighted by molar-refractivity contribution is 0.248. The Hall–Kier alpha value is -2.20. The van der Waals surface area contributed by atoms with Gasteiger partial charge in [0.1, 0.15) is 5.75 Å². The van der Waals surface area contributed by atoms with Gasteiger partial charge < -0.3 is 15.4 Å². The minimum Gasteiger partial charge on any atom is -0.497 e. The summed E-state index contributed by atoms with van der Waals surface area (Å²) in [5.41, 5.74) is 1.74. The molecule has 1 atom stereocenters. The predicted molar refractivity (Wildman–Crippen MR) is 89.6 cm³/mol. The molecular formula is C17H19ClN2O2. The highest BCUT2D eigenvalue weighted by molar-refractivity contribution is 6.30. The van der Waals surface area contributed by atoms with Gasteiger partial charge in [0.25, 0.3) is 0 Å². The van der Waals surface area contributed by atoms with Gasteiger partial charge in [0.2, 0.25) is 0 Å². The third-order valence-electron chi connectivity index (χ3n) is 3.33. The average molecular weight is 319 g/mol. The van der Waals surface area contributed by atoms with Gasteiger partial charge in [0, 0.05) is 10.7 Å². The van der Waals surface area contributed by atoms with E-state index in [4.69, 9.17) is 16.3 Å². The summed E-state index contributed by atoms with van der Waals surface area (Å²) in [5.74, 6) is 0.796. The van der Waals surface area contributed by atoms with Crippen molar-refractivity contribution >= 4 is 23.3 Å². The highest BCUT2D eigenvalue weighted by Crippen LogP contribution is 2.20. The Morgan fingerprint density at radius 2 is 1.77 bits per heavy atom. The van der Waals surface area contributed by atoms with Gasteiger partial charge in [-0.3, -0.25) is 0 Å². The Morgan fingerprint density at radius 3 is 2.32 bits per heavy atom. The molecule has 1 unspecified atom stereocenters. The monoisotopic (exact) mass is 318 g/mol. The second kappa shape index (κ2) is 7.71. The number of halogens is 1. The predicted octanol–water partition coefficient (Wildman–Crippen LogP) is 4.62. The van der Waals surface area contributed by atoms with Crippen molar-refractivity contribution in [1.29, 1.82) is 0 Å². The lowest BCUT2D eigenvalue weighted by atomic mass is 10.0. The number of carbonyl (C=O) groups excluding carboxylic acids is 1. The highest BCUT2D eigenvalue weighted by Gasteiger charge is 2.12. The smallest absolute Gasteiger partial charge is 0.319 e. The van der Waals surface area contributed by atoms with Gasteiger partial charge in [0.15, 0.2) is 0 Å². The van der Waals surface area contributed by atoms with E-state index in [1.54, 1.807) is 31.4 Å². The van der Waals surface area contributed by atoms with E-state index in [0.29, 0.717) is 10.7 Å². The SMILES string of the molecule is CCC(NC(=O)Nc1ccc(Cl)cc1)c1ccc(OC)cc1. The van der Waals surface area contributed by atoms with Gasteiger partial charge in [-0.2, -0.15) is 0 Å². The Morgan fingerprint density at radius 1 is 1.14 bits per heavy atom. The van der Waals surface area contributed by atoms with Gasteiger partial charge >= 0.3 is 6.03 Å². The number of amides is 2. The summed E-state index contributed by atoms with van der Waals surface area (Å²) in [6, 6.07) is 14.4. The third-order valence-corrected chi connectivity index (χ3v) is 3.59. The molecule has 0 spiro atoms. The molecule has 2 rings (SSSR count). The van der Waals surface area contributed by atoms with Crippen molar-refractivity contribution in [2.24, 2.45) is 0 Å². The fraction of sp³-hybridized carbons (Fsp3) is 0.235. The zero-order valence-electron chi connectivity index (χ0n) is 12.6. The van der Waals surface area contributed by atoms with Crippen LogP contribution in [-0.2, 0) is 0 Å². The van der Waals surface area contributed by atoms with Crippen LogP contribution < -0.4 is 15.4 Å². The topological polar surface area (TPSA) is 50.4 Å². The summed E-state index contributed by atoms with van der Waals surface area (Å²) in [6.45, 7) is 2.03. The van der Waals surface area contributed by atoms with Crippen LogP contribution in [0.5, 0.6) is 5.75 Å². The third kappa shape index (κ3) is 4.40. The summed E-state index contributed by atoms with van der Waals surface area (Å²) in [4.78, 5) is 12.1. The molecule has 2 aromatic rings. The number of nitrogens with one attached hydrogen (secondary N) is 2. The van der Waals surface area contributed by atoms with E-state index in [9.17, 15) is 4.79 Å². The molecule has 2 amide bonds. The zero-order chi connectivity index (χ0) is 15.9. The van der Waals surface area contributed by atoms with Crippen molar-refractivity contribution in [2.45, 2.75) is 19.4 Å². The van der Waals surface area contributed by atoms with Crippen LogP contribution >= 0.6 is 11.6 Å². The van der Waals surface area contributed by atoms with E-state index in [-0.39, 0.29) is 12.1 Å². The number of benzene rings is 2. The van der Waals surface area contributed by atoms with Crippen molar-refractivity contribution in [1.82, 2.24) is 5.32 Å². The molecule has 0 radical (unpaired) electrons. The van der Waals surface area contributed by atoms with Crippen molar-refractivity contribution in [3.63, 3.8) is 0 Å². The molecule has 116 valence electrons. The number of urea groups is 1. The molecule has 0 aliphatic heterocycles. The number of methoxy groups -OCH3 is 1. The van der Waals surface area contributed by atoms with Crippen LogP contribution in [-0.4, -0.2) is 13.1 Å². The number of ether oxygens (including phenoxy) is 1. The molecule has 2 aromatic carbocycles. The molecule has 22 heavy (non-hydrogen) atoms. The van der Waals surface area contributed by atoms with Gasteiger partial charge in [-0.05, 0) is 48.4 Å². The maximum Gasteiger partial charge on any atom is 0.319 e. The summed E-state index contributed by atoms with van der Waals surface area (Å²) >= 11 is 5.82. The first kappa shape index (κ1) is 16.2. The second-order valence-electron chi connectivity index (χ2n) is 4.84. The first-order chi connectivity index (χ1) is 10.6. The van der Waals surface area contributed by atoms with Crippen LogP contribution in [0.15, 0.2) is 48.5 Å². The molecule has 4 nitrogen and oxygen atoms in total. The second-order valence-corrected chi connectivity index (χ2v) is 5.28. The first-order valence-electron chi connectivity index (χ1n) is 7.09. The molecule has 0 heterocycles. The standard InChI is InChI=1S/C17H19ClN2O2/c1-3-16(12-4-10-15(22-2)11-5-12)20-17(21)19-14-8-6-13(18)7-9-14/h4-11,16H,3H2,1-2H3,(H2,19,20,21). The van der Waals surface area contributed by atoms with Crippen LogP contribution in [0.25, 0.3) is 0 Å². The Labute approximate surface area is 135 Å². The molecule has 5 heteroatoms. The van der Waals surface area contributed by atoms with Crippen LogP contribution in [0.3, 0.4) is 0 Å². The van der Waals surface area contributed by atoms with Gasteiger partial charge in [-0.25, -0.2) is 4.79 Å². The molecule has 0 saturated carbocycles. The largest absolute Gasteiger partial charge is 0.497 e. The maximum atomic E-state index is 12.1. The lowest BCUT2D eigenvalue weighted by Crippen LogP contribution is -2.32. The van der Waals surface area contributed by atoms with E-state index in [0.717, 1.165) is 17.7 Å². The van der Waals surface area contributed by atoms with E-state index in [1.165, 1.54) is 0 Å². The number of anilines is 1. The summed E-state index contributed by atoms with van der Waals surface area (Å²) in [6.07, 6.45) is 0.792. The lowest BCUT2D eigenvalue weighted by Gasteiger charge is -2.18. The van der Waals surface area contributed by atoms with E-state index >= 15 is 0 Å². The molecule has 0 fully saturated rings. The minimum absolute atomic E-state index is 0.0572. The van der Waals surface area contributed by atoms with Crippen molar-refractivity contribution in [2.75, 3.05) is 12.4 Å². The first-order valence-corrected chi connectivity index (χ1v) is 7.47. The molecule has 0 aliphatic carbocycles. The van der Waals surface area contributed by atoms with E-state index in [2.05, 4.69) is 10.6 Å². The fourth-order valence-electron chi connectivity index (χ4n) is 2.12. The zero-order valence-corrected chi connectivity index (χ0v) is 13.4. The van der Waals surface area contributed by atoms with Crippen LogP contribution in [0.2, 0.25) is 5.02 Å². The number of carbonyl (C=O) groups is 1. The molecular weight excluding hydrogens is 300 g/mol. The molecule has 0 saturated heterocycles. The summed E-state index contributed by atoms with van der Waals surface area (Å²) in [5, 5.41) is 6.39. The minimum atomic E-state index is -0.245. The van der Waals surface area contributed by atoms with Crippen molar-refractivity contribution < 1.29 is 9.53 Å². The Kier molecular flexibility index (Phi) is 5.67. The summed E-state index contributed by atoms with van der Waals surface area (Å²) < 4.78 is 5.14. The van der Waals surface area contributed by atoms with Gasteiger partial charge in [-0.1, -0.05) is 30.7 Å². The molecule has 0 bridgehead atoms. The maximum absolute atomic E-state index is 12.1. The quantitative estimate of drug-likeness (QED) is 0.845. The van der Waals surface area contributed by atoms with E-state index < -0.39 is 0 Å². The molecule has 0 aliphatic rings. The molecule has 0 aromatic heterocycles.